The molecule has 4 nitrogen and oxygen atoms in total. The monoisotopic (exact) mass is 307 g/mol. The van der Waals surface area contributed by atoms with Crippen LogP contribution in [-0.2, 0) is 0 Å². The molecule has 3 atom stereocenters. The van der Waals surface area contributed by atoms with Gasteiger partial charge in [0, 0.05) is 27.5 Å². The number of rotatable bonds is 2. The van der Waals surface area contributed by atoms with Crippen LogP contribution >= 0.6 is 23.5 Å². The Hall–Kier alpha value is -1.14. The van der Waals surface area contributed by atoms with Crippen LogP contribution in [0.2, 0.25) is 0 Å². The van der Waals surface area contributed by atoms with Crippen LogP contribution in [0.15, 0.2) is 28.8 Å². The molecule has 1 fully saturated rings. The maximum atomic E-state index is 5.78. The highest BCUT2D eigenvalue weighted by Gasteiger charge is 2.29. The summed E-state index contributed by atoms with van der Waals surface area (Å²) < 4.78 is 5.38. The van der Waals surface area contributed by atoms with Gasteiger partial charge in [-0.1, -0.05) is 25.1 Å². The lowest BCUT2D eigenvalue weighted by Gasteiger charge is -2.29. The first kappa shape index (κ1) is 13.8. The van der Waals surface area contributed by atoms with Crippen molar-refractivity contribution in [2.24, 2.45) is 0 Å². The Labute approximate surface area is 126 Å². The van der Waals surface area contributed by atoms with E-state index in [9.17, 15) is 0 Å². The lowest BCUT2D eigenvalue weighted by Crippen LogP contribution is -2.22. The maximum absolute atomic E-state index is 5.78. The first-order valence-electron chi connectivity index (χ1n) is 6.60. The number of nitrogen functional groups attached to an aromatic ring is 1. The van der Waals surface area contributed by atoms with Gasteiger partial charge in [-0.2, -0.15) is 16.7 Å². The molecule has 0 bridgehead atoms. The first-order valence-corrected chi connectivity index (χ1v) is 8.59. The van der Waals surface area contributed by atoms with Gasteiger partial charge in [0.15, 0.2) is 5.82 Å². The average Bonchev–Trinajstić information content (AvgIpc) is 2.92. The summed E-state index contributed by atoms with van der Waals surface area (Å²) in [5.74, 6) is 2.37. The Balaban J connectivity index is 1.80. The Morgan fingerprint density at radius 1 is 1.30 bits per heavy atom. The fourth-order valence-corrected chi connectivity index (χ4v) is 4.91. The molecule has 3 rings (SSSR count). The molecular weight excluding hydrogens is 290 g/mol. The maximum Gasteiger partial charge on any atom is 0.258 e. The van der Waals surface area contributed by atoms with Crippen molar-refractivity contribution in [3.8, 4) is 11.5 Å². The van der Waals surface area contributed by atoms with E-state index >= 15 is 0 Å². The molecular formula is C14H17N3OS2. The summed E-state index contributed by atoms with van der Waals surface area (Å²) in [4.78, 5) is 4.54. The van der Waals surface area contributed by atoms with Gasteiger partial charge in [0.25, 0.3) is 5.89 Å². The molecule has 1 aromatic heterocycles. The molecule has 1 aromatic carbocycles. The van der Waals surface area contributed by atoms with Crippen LogP contribution in [0.5, 0.6) is 0 Å². The van der Waals surface area contributed by atoms with Gasteiger partial charge in [-0.25, -0.2) is 0 Å². The van der Waals surface area contributed by atoms with Crippen LogP contribution in [0.1, 0.15) is 24.9 Å². The van der Waals surface area contributed by atoms with Crippen LogP contribution in [0, 0.1) is 0 Å². The third-order valence-corrected chi connectivity index (χ3v) is 6.80. The van der Waals surface area contributed by atoms with E-state index in [4.69, 9.17) is 10.3 Å². The minimum Gasteiger partial charge on any atom is -0.399 e. The second-order valence-electron chi connectivity index (χ2n) is 4.95. The van der Waals surface area contributed by atoms with E-state index in [-0.39, 0.29) is 0 Å². The second kappa shape index (κ2) is 5.69. The third kappa shape index (κ3) is 2.81. The number of benzene rings is 1. The van der Waals surface area contributed by atoms with Gasteiger partial charge < -0.3 is 10.3 Å². The Kier molecular flexibility index (Phi) is 3.94. The van der Waals surface area contributed by atoms with Crippen molar-refractivity contribution in [3.63, 3.8) is 0 Å². The lowest BCUT2D eigenvalue weighted by molar-refractivity contribution is 0.423. The zero-order valence-electron chi connectivity index (χ0n) is 11.4. The van der Waals surface area contributed by atoms with Gasteiger partial charge in [0.1, 0.15) is 0 Å². The molecule has 1 aliphatic heterocycles. The van der Waals surface area contributed by atoms with E-state index in [1.54, 1.807) is 0 Å². The van der Waals surface area contributed by atoms with Crippen molar-refractivity contribution in [1.82, 2.24) is 10.1 Å². The number of aromatic nitrogens is 2. The molecule has 0 saturated carbocycles. The molecule has 1 saturated heterocycles. The highest BCUT2D eigenvalue weighted by atomic mass is 32.2. The Morgan fingerprint density at radius 3 is 2.90 bits per heavy atom. The first-order chi connectivity index (χ1) is 9.63. The van der Waals surface area contributed by atoms with Gasteiger partial charge >= 0.3 is 0 Å². The number of thioether (sulfide) groups is 2. The molecule has 0 radical (unpaired) electrons. The van der Waals surface area contributed by atoms with Gasteiger partial charge in [-0.05, 0) is 18.2 Å². The van der Waals surface area contributed by atoms with E-state index in [1.165, 1.54) is 0 Å². The van der Waals surface area contributed by atoms with Crippen molar-refractivity contribution in [1.29, 1.82) is 0 Å². The normalized spacial score (nSPS) is 26.6. The summed E-state index contributed by atoms with van der Waals surface area (Å²) >= 11 is 3.90. The molecule has 2 heterocycles. The Morgan fingerprint density at radius 2 is 2.15 bits per heavy atom. The largest absolute Gasteiger partial charge is 0.399 e. The van der Waals surface area contributed by atoms with Crippen LogP contribution in [0.3, 0.4) is 0 Å². The summed E-state index contributed by atoms with van der Waals surface area (Å²) in [6.45, 7) is 4.53. The second-order valence-corrected chi connectivity index (χ2v) is 7.95. The van der Waals surface area contributed by atoms with E-state index in [0.29, 0.717) is 27.3 Å². The number of anilines is 1. The van der Waals surface area contributed by atoms with Gasteiger partial charge in [0.2, 0.25) is 0 Å². The molecule has 0 amide bonds. The summed E-state index contributed by atoms with van der Waals surface area (Å²) in [6, 6.07) is 7.52. The smallest absolute Gasteiger partial charge is 0.258 e. The van der Waals surface area contributed by atoms with Crippen molar-refractivity contribution in [2.45, 2.75) is 29.6 Å². The summed E-state index contributed by atoms with van der Waals surface area (Å²) in [6.07, 6.45) is 0. The van der Waals surface area contributed by atoms with E-state index < -0.39 is 0 Å². The topological polar surface area (TPSA) is 64.9 Å². The minimum absolute atomic E-state index is 0.310. The third-order valence-electron chi connectivity index (χ3n) is 3.41. The van der Waals surface area contributed by atoms with Crippen LogP contribution in [0.25, 0.3) is 11.5 Å². The van der Waals surface area contributed by atoms with Crippen LogP contribution in [0.4, 0.5) is 5.69 Å². The van der Waals surface area contributed by atoms with Crippen molar-refractivity contribution >= 4 is 29.2 Å². The molecule has 2 aromatic rings. The fourth-order valence-electron chi connectivity index (χ4n) is 2.07. The zero-order chi connectivity index (χ0) is 14.1. The van der Waals surface area contributed by atoms with Crippen molar-refractivity contribution in [3.05, 3.63) is 30.1 Å². The fraction of sp³-hybridized carbons (Fsp3) is 0.429. The van der Waals surface area contributed by atoms with E-state index in [2.05, 4.69) is 24.0 Å². The molecule has 106 valence electrons. The van der Waals surface area contributed by atoms with Gasteiger partial charge in [-0.15, -0.1) is 11.8 Å². The van der Waals surface area contributed by atoms with Gasteiger partial charge in [0.05, 0.1) is 5.25 Å². The Bertz CT molecular complexity index is 602. The highest BCUT2D eigenvalue weighted by Crippen LogP contribution is 2.43. The van der Waals surface area contributed by atoms with Crippen LogP contribution < -0.4 is 5.73 Å². The van der Waals surface area contributed by atoms with E-state index in [1.807, 2.05) is 47.8 Å². The number of hydrogen-bond donors (Lipinski definition) is 1. The van der Waals surface area contributed by atoms with E-state index in [0.717, 1.165) is 17.1 Å². The predicted molar refractivity (Wildman–Crippen MR) is 85.9 cm³/mol. The number of nitrogens with two attached hydrogens (primary N) is 1. The molecule has 1 aliphatic rings. The van der Waals surface area contributed by atoms with Crippen molar-refractivity contribution < 1.29 is 4.52 Å². The standard InChI is InChI=1S/C14H17N3OS2/c1-8-9(2)20-12(7-19-8)13-16-14(18-17-13)10-4-3-5-11(15)6-10/h3-6,8-9,12H,7,15H2,1-2H3. The molecule has 0 aliphatic carbocycles. The lowest BCUT2D eigenvalue weighted by atomic mass is 10.2. The summed E-state index contributed by atoms with van der Waals surface area (Å²) in [5, 5.41) is 5.74. The average molecular weight is 307 g/mol. The number of hydrogen-bond acceptors (Lipinski definition) is 6. The quantitative estimate of drug-likeness (QED) is 0.855. The minimum atomic E-state index is 0.310. The molecule has 2 N–H and O–H groups in total. The summed E-state index contributed by atoms with van der Waals surface area (Å²) in [7, 11) is 0. The molecule has 20 heavy (non-hydrogen) atoms. The molecule has 0 spiro atoms. The van der Waals surface area contributed by atoms with Crippen LogP contribution in [-0.4, -0.2) is 26.4 Å². The van der Waals surface area contributed by atoms with Crippen molar-refractivity contribution in [2.75, 3.05) is 11.5 Å². The predicted octanol–water partition coefficient (Wildman–Crippen LogP) is 3.62. The highest BCUT2D eigenvalue weighted by molar-refractivity contribution is 8.07. The van der Waals surface area contributed by atoms with Gasteiger partial charge in [-0.3, -0.25) is 0 Å². The number of nitrogens with zero attached hydrogens (tertiary/aromatic N) is 2. The zero-order valence-corrected chi connectivity index (χ0v) is 13.1. The molecule has 6 heteroatoms. The molecule has 3 unspecified atom stereocenters. The SMILES string of the molecule is CC1SCC(c2noc(-c3cccc(N)c3)n2)SC1C. The summed E-state index contributed by atoms with van der Waals surface area (Å²) in [5.41, 5.74) is 7.36.